The van der Waals surface area contributed by atoms with E-state index in [1.54, 1.807) is 0 Å². The Hall–Kier alpha value is -0.630. The summed E-state index contributed by atoms with van der Waals surface area (Å²) in [7, 11) is 0. The van der Waals surface area contributed by atoms with Gasteiger partial charge < -0.3 is 5.73 Å². The van der Waals surface area contributed by atoms with E-state index in [1.165, 1.54) is 0 Å². The molecule has 8 heavy (non-hydrogen) atoms. The average molecular weight is 110 g/mol. The van der Waals surface area contributed by atoms with Crippen LogP contribution in [0, 0.1) is 0 Å². The molecule has 0 amide bonds. The van der Waals surface area contributed by atoms with Crippen molar-refractivity contribution in [3.63, 3.8) is 0 Å². The second-order valence-electron chi connectivity index (χ2n) is 1.77. The molecule has 2 heteroatoms. The van der Waals surface area contributed by atoms with Crippen LogP contribution in [0.4, 0.5) is 0 Å². The number of nitrogens with two attached hydrogens (primary N) is 1. The number of dihydropyridines is 1. The topological polar surface area (TPSA) is 38.4 Å². The Morgan fingerprint density at radius 3 is 3.00 bits per heavy atom. The van der Waals surface area contributed by atoms with Crippen LogP contribution in [0.5, 0.6) is 0 Å². The molecule has 0 bridgehead atoms. The van der Waals surface area contributed by atoms with E-state index in [2.05, 4.69) is 11.1 Å². The van der Waals surface area contributed by atoms with Crippen molar-refractivity contribution in [1.29, 1.82) is 0 Å². The molecule has 0 atom stereocenters. The fraction of sp³-hybridized carbons (Fsp3) is 0.500. The second kappa shape index (κ2) is 2.62. The van der Waals surface area contributed by atoms with Gasteiger partial charge >= 0.3 is 0 Å². The van der Waals surface area contributed by atoms with Gasteiger partial charge in [0.25, 0.3) is 0 Å². The van der Waals surface area contributed by atoms with Gasteiger partial charge in [-0.2, -0.15) is 0 Å². The molecule has 0 unspecified atom stereocenters. The largest absolute Gasteiger partial charge is 0.325 e. The lowest BCUT2D eigenvalue weighted by molar-refractivity contribution is 0.984. The SMILES string of the molecule is NCC1=NCCC=C1. The first kappa shape index (κ1) is 5.51. The number of nitrogens with zero attached hydrogens (tertiary/aromatic N) is 1. The van der Waals surface area contributed by atoms with Crippen LogP contribution in [0.1, 0.15) is 6.42 Å². The minimum Gasteiger partial charge on any atom is -0.325 e. The Morgan fingerprint density at radius 1 is 1.75 bits per heavy atom. The summed E-state index contributed by atoms with van der Waals surface area (Å²) >= 11 is 0. The van der Waals surface area contributed by atoms with E-state index < -0.39 is 0 Å². The summed E-state index contributed by atoms with van der Waals surface area (Å²) < 4.78 is 0. The molecule has 2 nitrogen and oxygen atoms in total. The summed E-state index contributed by atoms with van der Waals surface area (Å²) in [6, 6.07) is 0. The molecule has 0 aromatic carbocycles. The van der Waals surface area contributed by atoms with Gasteiger partial charge in [-0.15, -0.1) is 0 Å². The molecule has 0 spiro atoms. The van der Waals surface area contributed by atoms with E-state index in [0.717, 1.165) is 18.7 Å². The molecule has 0 saturated carbocycles. The Morgan fingerprint density at radius 2 is 2.62 bits per heavy atom. The van der Waals surface area contributed by atoms with E-state index >= 15 is 0 Å². The summed E-state index contributed by atoms with van der Waals surface area (Å²) in [4.78, 5) is 4.15. The highest BCUT2D eigenvalue weighted by molar-refractivity contribution is 5.96. The zero-order chi connectivity index (χ0) is 5.82. The van der Waals surface area contributed by atoms with Crippen LogP contribution in [-0.2, 0) is 0 Å². The van der Waals surface area contributed by atoms with Crippen molar-refractivity contribution in [2.24, 2.45) is 10.7 Å². The summed E-state index contributed by atoms with van der Waals surface area (Å²) in [6.07, 6.45) is 5.17. The van der Waals surface area contributed by atoms with Crippen LogP contribution in [0.15, 0.2) is 17.1 Å². The number of hydrogen-bond acceptors (Lipinski definition) is 2. The maximum Gasteiger partial charge on any atom is 0.0481 e. The first-order valence-corrected chi connectivity index (χ1v) is 2.83. The Kier molecular flexibility index (Phi) is 1.80. The highest BCUT2D eigenvalue weighted by Gasteiger charge is 1.92. The Balaban J connectivity index is 2.51. The van der Waals surface area contributed by atoms with Gasteiger partial charge in [-0.3, -0.25) is 4.99 Å². The molecule has 0 aliphatic carbocycles. The predicted molar refractivity (Wildman–Crippen MR) is 35.1 cm³/mol. The maximum atomic E-state index is 5.32. The van der Waals surface area contributed by atoms with Gasteiger partial charge in [-0.25, -0.2) is 0 Å². The van der Waals surface area contributed by atoms with Crippen LogP contribution < -0.4 is 5.73 Å². The zero-order valence-electron chi connectivity index (χ0n) is 4.80. The molecule has 44 valence electrons. The van der Waals surface area contributed by atoms with Gasteiger partial charge in [0.2, 0.25) is 0 Å². The minimum atomic E-state index is 0.580. The maximum absolute atomic E-state index is 5.32. The molecule has 1 aliphatic rings. The van der Waals surface area contributed by atoms with Gasteiger partial charge in [0.15, 0.2) is 0 Å². The van der Waals surface area contributed by atoms with E-state index in [9.17, 15) is 0 Å². The highest BCUT2D eigenvalue weighted by Crippen LogP contribution is 1.93. The number of rotatable bonds is 1. The van der Waals surface area contributed by atoms with Crippen LogP contribution >= 0.6 is 0 Å². The number of aliphatic imine (C=N–C) groups is 1. The molecule has 1 heterocycles. The lowest BCUT2D eigenvalue weighted by Crippen LogP contribution is -2.13. The minimum absolute atomic E-state index is 0.580. The third kappa shape index (κ3) is 1.17. The van der Waals surface area contributed by atoms with E-state index in [-0.39, 0.29) is 0 Å². The Labute approximate surface area is 49.1 Å². The molecular weight excluding hydrogens is 100 g/mol. The second-order valence-corrected chi connectivity index (χ2v) is 1.77. The predicted octanol–water partition coefficient (Wildman–Crippen LogP) is 0.346. The van der Waals surface area contributed by atoms with Crippen LogP contribution in [-0.4, -0.2) is 18.8 Å². The molecule has 0 fully saturated rings. The van der Waals surface area contributed by atoms with Crippen LogP contribution in [0.2, 0.25) is 0 Å². The van der Waals surface area contributed by atoms with Gasteiger partial charge in [0, 0.05) is 18.8 Å². The van der Waals surface area contributed by atoms with Crippen LogP contribution in [0.3, 0.4) is 0 Å². The lowest BCUT2D eigenvalue weighted by Gasteiger charge is -2.00. The zero-order valence-corrected chi connectivity index (χ0v) is 4.80. The quantitative estimate of drug-likeness (QED) is 0.519. The first-order valence-electron chi connectivity index (χ1n) is 2.83. The van der Waals surface area contributed by atoms with E-state index in [4.69, 9.17) is 5.73 Å². The fourth-order valence-corrected chi connectivity index (χ4v) is 0.687. The van der Waals surface area contributed by atoms with Gasteiger partial charge in [-0.1, -0.05) is 6.08 Å². The summed E-state index contributed by atoms with van der Waals surface area (Å²) in [5.74, 6) is 0. The number of hydrogen-bond donors (Lipinski definition) is 1. The van der Waals surface area contributed by atoms with E-state index in [1.807, 2.05) is 6.08 Å². The molecule has 0 aromatic heterocycles. The molecule has 1 aliphatic heterocycles. The fourth-order valence-electron chi connectivity index (χ4n) is 0.687. The molecule has 1 rings (SSSR count). The molecule has 2 N–H and O–H groups in total. The smallest absolute Gasteiger partial charge is 0.0481 e. The van der Waals surface area contributed by atoms with Crippen molar-refractivity contribution in [2.45, 2.75) is 6.42 Å². The van der Waals surface area contributed by atoms with Crippen molar-refractivity contribution in [3.05, 3.63) is 12.2 Å². The first-order chi connectivity index (χ1) is 3.93. The summed E-state index contributed by atoms with van der Waals surface area (Å²) in [6.45, 7) is 1.50. The van der Waals surface area contributed by atoms with Crippen molar-refractivity contribution in [2.75, 3.05) is 13.1 Å². The summed E-state index contributed by atoms with van der Waals surface area (Å²) in [5.41, 5.74) is 6.35. The third-order valence-corrected chi connectivity index (χ3v) is 1.13. The Bertz CT molecular complexity index is 124. The van der Waals surface area contributed by atoms with Crippen LogP contribution in [0.25, 0.3) is 0 Å². The average Bonchev–Trinajstić information content (AvgIpc) is 1.90. The van der Waals surface area contributed by atoms with Gasteiger partial charge in [0.05, 0.1) is 0 Å². The molecule has 0 saturated heterocycles. The monoisotopic (exact) mass is 110 g/mol. The standard InChI is InChI=1S/C6H10N2/c7-5-6-3-1-2-4-8-6/h1,3H,2,4-5,7H2. The third-order valence-electron chi connectivity index (χ3n) is 1.13. The van der Waals surface area contributed by atoms with Crippen molar-refractivity contribution < 1.29 is 0 Å². The normalized spacial score (nSPS) is 18.4. The highest BCUT2D eigenvalue weighted by atomic mass is 14.8. The van der Waals surface area contributed by atoms with Crippen molar-refractivity contribution in [1.82, 2.24) is 0 Å². The van der Waals surface area contributed by atoms with Crippen molar-refractivity contribution in [3.8, 4) is 0 Å². The van der Waals surface area contributed by atoms with E-state index in [0.29, 0.717) is 6.54 Å². The summed E-state index contributed by atoms with van der Waals surface area (Å²) in [5, 5.41) is 0. The molecule has 0 radical (unpaired) electrons. The van der Waals surface area contributed by atoms with Gasteiger partial charge in [-0.05, 0) is 12.5 Å². The molecular formula is C6H10N2. The lowest BCUT2D eigenvalue weighted by atomic mass is 10.2. The molecule has 0 aromatic rings. The van der Waals surface area contributed by atoms with Gasteiger partial charge in [0.1, 0.15) is 0 Å². The van der Waals surface area contributed by atoms with Crippen molar-refractivity contribution >= 4 is 5.71 Å².